The maximum atomic E-state index is 12.3. The fourth-order valence-electron chi connectivity index (χ4n) is 2.03. The number of carbonyl (C=O) groups is 1. The van der Waals surface area contributed by atoms with Gasteiger partial charge in [0.05, 0.1) is 5.56 Å². The summed E-state index contributed by atoms with van der Waals surface area (Å²) in [5.74, 6) is 0.0707. The highest BCUT2D eigenvalue weighted by Gasteiger charge is 2.13. The van der Waals surface area contributed by atoms with Crippen LogP contribution in [0.25, 0.3) is 0 Å². The first-order valence-corrected chi connectivity index (χ1v) is 6.82. The number of carbonyl (C=O) groups excluding carboxylic acids is 1. The number of halogens is 1. The fourth-order valence-corrected chi connectivity index (χ4v) is 2.20. The van der Waals surface area contributed by atoms with Crippen molar-refractivity contribution in [2.24, 2.45) is 0 Å². The molecule has 3 nitrogen and oxygen atoms in total. The monoisotopic (exact) mass is 288 g/mol. The third-order valence-corrected chi connectivity index (χ3v) is 3.33. The van der Waals surface area contributed by atoms with E-state index in [-0.39, 0.29) is 5.91 Å². The van der Waals surface area contributed by atoms with E-state index in [0.29, 0.717) is 22.2 Å². The van der Waals surface area contributed by atoms with E-state index in [2.05, 4.69) is 19.2 Å². The van der Waals surface area contributed by atoms with Crippen LogP contribution >= 0.6 is 11.6 Å². The molecule has 0 atom stereocenters. The van der Waals surface area contributed by atoms with Gasteiger partial charge >= 0.3 is 0 Å². The molecule has 20 heavy (non-hydrogen) atoms. The zero-order valence-electron chi connectivity index (χ0n) is 11.5. The van der Waals surface area contributed by atoms with Crippen LogP contribution in [-0.4, -0.2) is 5.91 Å². The van der Waals surface area contributed by atoms with Crippen LogP contribution in [0.2, 0.25) is 5.02 Å². The number of amides is 1. The second kappa shape index (κ2) is 5.97. The first kappa shape index (κ1) is 14.4. The third-order valence-electron chi connectivity index (χ3n) is 3.09. The number of nitrogens with two attached hydrogens (primary N) is 1. The van der Waals surface area contributed by atoms with Crippen LogP contribution in [0.4, 0.5) is 11.4 Å². The summed E-state index contributed by atoms with van der Waals surface area (Å²) in [5.41, 5.74) is 8.50. The van der Waals surface area contributed by atoms with Crippen molar-refractivity contribution in [3.05, 3.63) is 58.6 Å². The number of benzene rings is 2. The van der Waals surface area contributed by atoms with Crippen LogP contribution in [0, 0.1) is 0 Å². The van der Waals surface area contributed by atoms with Crippen molar-refractivity contribution in [3.8, 4) is 0 Å². The Kier molecular flexibility index (Phi) is 4.30. The molecule has 0 saturated heterocycles. The van der Waals surface area contributed by atoms with E-state index < -0.39 is 0 Å². The SMILES string of the molecule is CC(C)c1ccccc1NC(=O)c1cc(Cl)ccc1N. The van der Waals surface area contributed by atoms with Crippen LogP contribution in [0.3, 0.4) is 0 Å². The molecule has 0 unspecified atom stereocenters. The van der Waals surface area contributed by atoms with Gasteiger partial charge in [-0.25, -0.2) is 0 Å². The summed E-state index contributed by atoms with van der Waals surface area (Å²) >= 11 is 5.91. The molecule has 0 radical (unpaired) electrons. The molecule has 0 spiro atoms. The van der Waals surface area contributed by atoms with Crippen LogP contribution in [0.1, 0.15) is 35.7 Å². The van der Waals surface area contributed by atoms with Gasteiger partial charge in [-0.15, -0.1) is 0 Å². The Labute approximate surface area is 123 Å². The topological polar surface area (TPSA) is 55.1 Å². The third kappa shape index (κ3) is 3.11. The lowest BCUT2D eigenvalue weighted by atomic mass is 10.0. The zero-order chi connectivity index (χ0) is 14.7. The predicted molar refractivity (Wildman–Crippen MR) is 84.3 cm³/mol. The highest BCUT2D eigenvalue weighted by Crippen LogP contribution is 2.25. The van der Waals surface area contributed by atoms with Gasteiger partial charge in [0.2, 0.25) is 0 Å². The molecule has 2 aromatic rings. The standard InChI is InChI=1S/C16H17ClN2O/c1-10(2)12-5-3-4-6-15(12)19-16(20)13-9-11(17)7-8-14(13)18/h3-10H,18H2,1-2H3,(H,19,20). The summed E-state index contributed by atoms with van der Waals surface area (Å²) in [5, 5.41) is 3.39. The Hall–Kier alpha value is -2.00. The van der Waals surface area contributed by atoms with Gasteiger partial charge in [-0.1, -0.05) is 43.6 Å². The molecular formula is C16H17ClN2O. The van der Waals surface area contributed by atoms with Crippen molar-refractivity contribution in [3.63, 3.8) is 0 Å². The quantitative estimate of drug-likeness (QED) is 0.828. The summed E-state index contributed by atoms with van der Waals surface area (Å²) in [6.45, 7) is 4.16. The number of nitrogens with one attached hydrogen (secondary N) is 1. The Morgan fingerprint density at radius 2 is 1.90 bits per heavy atom. The van der Waals surface area contributed by atoms with E-state index in [9.17, 15) is 4.79 Å². The highest BCUT2D eigenvalue weighted by atomic mass is 35.5. The molecule has 0 aliphatic carbocycles. The van der Waals surface area contributed by atoms with E-state index >= 15 is 0 Å². The molecule has 0 heterocycles. The Bertz CT molecular complexity index is 638. The van der Waals surface area contributed by atoms with Crippen LogP contribution in [0.15, 0.2) is 42.5 Å². The lowest BCUT2D eigenvalue weighted by Crippen LogP contribution is -2.15. The molecular weight excluding hydrogens is 272 g/mol. The number of para-hydroxylation sites is 1. The number of hydrogen-bond donors (Lipinski definition) is 2. The molecule has 3 N–H and O–H groups in total. The van der Waals surface area contributed by atoms with Crippen molar-refractivity contribution in [2.75, 3.05) is 11.1 Å². The summed E-state index contributed by atoms with van der Waals surface area (Å²) in [6.07, 6.45) is 0. The van der Waals surface area contributed by atoms with Crippen LogP contribution in [0.5, 0.6) is 0 Å². The number of nitrogen functional groups attached to an aromatic ring is 1. The second-order valence-corrected chi connectivity index (χ2v) is 5.36. The molecule has 0 aliphatic rings. The van der Waals surface area contributed by atoms with Gasteiger partial charge in [0.1, 0.15) is 0 Å². The molecule has 4 heteroatoms. The summed E-state index contributed by atoms with van der Waals surface area (Å²) in [6, 6.07) is 12.6. The molecule has 0 aliphatic heterocycles. The Morgan fingerprint density at radius 3 is 2.60 bits per heavy atom. The molecule has 1 amide bonds. The maximum Gasteiger partial charge on any atom is 0.257 e. The number of rotatable bonds is 3. The van der Waals surface area contributed by atoms with E-state index in [1.165, 1.54) is 0 Å². The van der Waals surface area contributed by atoms with Gasteiger partial charge in [0.25, 0.3) is 5.91 Å². The van der Waals surface area contributed by atoms with Crippen molar-refractivity contribution < 1.29 is 4.79 Å². The van der Waals surface area contributed by atoms with E-state index in [1.807, 2.05) is 24.3 Å². The van der Waals surface area contributed by atoms with Crippen LogP contribution in [-0.2, 0) is 0 Å². The summed E-state index contributed by atoms with van der Waals surface area (Å²) in [4.78, 5) is 12.3. The fraction of sp³-hybridized carbons (Fsp3) is 0.188. The first-order chi connectivity index (χ1) is 9.49. The Balaban J connectivity index is 2.31. The summed E-state index contributed by atoms with van der Waals surface area (Å²) in [7, 11) is 0. The van der Waals surface area contributed by atoms with E-state index in [0.717, 1.165) is 11.3 Å². The minimum absolute atomic E-state index is 0.252. The Morgan fingerprint density at radius 1 is 1.20 bits per heavy atom. The molecule has 2 rings (SSSR count). The smallest absolute Gasteiger partial charge is 0.257 e. The molecule has 0 fully saturated rings. The van der Waals surface area contributed by atoms with Crippen molar-refractivity contribution in [2.45, 2.75) is 19.8 Å². The number of hydrogen-bond acceptors (Lipinski definition) is 2. The average molecular weight is 289 g/mol. The summed E-state index contributed by atoms with van der Waals surface area (Å²) < 4.78 is 0. The maximum absolute atomic E-state index is 12.3. The lowest BCUT2D eigenvalue weighted by Gasteiger charge is -2.14. The molecule has 0 bridgehead atoms. The average Bonchev–Trinajstić information content (AvgIpc) is 2.41. The van der Waals surface area contributed by atoms with Gasteiger partial charge in [-0.05, 0) is 35.7 Å². The van der Waals surface area contributed by atoms with Crippen LogP contribution < -0.4 is 11.1 Å². The van der Waals surface area contributed by atoms with Gasteiger partial charge in [-0.3, -0.25) is 4.79 Å². The normalized spacial score (nSPS) is 10.6. The molecule has 2 aromatic carbocycles. The van der Waals surface area contributed by atoms with Gasteiger partial charge in [0, 0.05) is 16.4 Å². The van der Waals surface area contributed by atoms with Gasteiger partial charge in [-0.2, -0.15) is 0 Å². The van der Waals surface area contributed by atoms with Crippen molar-refractivity contribution >= 4 is 28.9 Å². The molecule has 0 saturated carbocycles. The predicted octanol–water partition coefficient (Wildman–Crippen LogP) is 4.30. The first-order valence-electron chi connectivity index (χ1n) is 6.44. The van der Waals surface area contributed by atoms with Gasteiger partial charge < -0.3 is 11.1 Å². The van der Waals surface area contributed by atoms with E-state index in [1.54, 1.807) is 18.2 Å². The van der Waals surface area contributed by atoms with Gasteiger partial charge in [0.15, 0.2) is 0 Å². The molecule has 0 aromatic heterocycles. The molecule has 104 valence electrons. The lowest BCUT2D eigenvalue weighted by molar-refractivity contribution is 0.102. The highest BCUT2D eigenvalue weighted by molar-refractivity contribution is 6.31. The second-order valence-electron chi connectivity index (χ2n) is 4.93. The zero-order valence-corrected chi connectivity index (χ0v) is 12.2. The van der Waals surface area contributed by atoms with Crippen molar-refractivity contribution in [1.82, 2.24) is 0 Å². The largest absolute Gasteiger partial charge is 0.398 e. The minimum Gasteiger partial charge on any atom is -0.398 e. The number of anilines is 2. The minimum atomic E-state index is -0.252. The van der Waals surface area contributed by atoms with E-state index in [4.69, 9.17) is 17.3 Å². The van der Waals surface area contributed by atoms with Crippen molar-refractivity contribution in [1.29, 1.82) is 0 Å².